The average molecular weight is 574 g/mol. The molecular formula is C25H44IN5O2. The third kappa shape index (κ3) is 7.36. The molecule has 0 unspecified atom stereocenters. The Morgan fingerprint density at radius 3 is 2.39 bits per heavy atom. The number of guanidine groups is 1. The number of benzene rings is 1. The van der Waals surface area contributed by atoms with Crippen molar-refractivity contribution < 1.29 is 9.47 Å². The minimum Gasteiger partial charge on any atom is -0.497 e. The summed E-state index contributed by atoms with van der Waals surface area (Å²) >= 11 is 0. The first-order valence-electron chi connectivity index (χ1n) is 12.2. The van der Waals surface area contributed by atoms with E-state index in [1.54, 1.807) is 14.2 Å². The number of aliphatic imine (C=N–C) groups is 1. The number of ether oxygens (including phenoxy) is 2. The Morgan fingerprint density at radius 1 is 1.09 bits per heavy atom. The molecule has 0 aliphatic carbocycles. The second-order valence-corrected chi connectivity index (χ2v) is 9.28. The Balaban J connectivity index is 0.00000385. The number of nitrogens with zero attached hydrogens (tertiary/aromatic N) is 4. The van der Waals surface area contributed by atoms with E-state index in [1.165, 1.54) is 45.2 Å². The predicted octanol–water partition coefficient (Wildman–Crippen LogP) is 3.67. The maximum atomic E-state index is 5.61. The minimum absolute atomic E-state index is 0. The summed E-state index contributed by atoms with van der Waals surface area (Å²) in [5.41, 5.74) is 1.30. The highest BCUT2D eigenvalue weighted by Gasteiger charge is 2.39. The molecule has 0 aromatic heterocycles. The topological polar surface area (TPSA) is 52.6 Å². The lowest BCUT2D eigenvalue weighted by Gasteiger charge is -2.49. The van der Waals surface area contributed by atoms with Gasteiger partial charge in [0.2, 0.25) is 0 Å². The number of rotatable bonds is 8. The van der Waals surface area contributed by atoms with E-state index < -0.39 is 0 Å². The van der Waals surface area contributed by atoms with Gasteiger partial charge in [-0.3, -0.25) is 9.89 Å². The summed E-state index contributed by atoms with van der Waals surface area (Å²) in [7, 11) is 7.73. The normalized spacial score (nSPS) is 19.5. The minimum atomic E-state index is 0. The zero-order valence-electron chi connectivity index (χ0n) is 21.2. The summed E-state index contributed by atoms with van der Waals surface area (Å²) in [6.07, 6.45) is 6.40. The molecule has 3 rings (SSSR count). The standard InChI is InChI=1S/C25H43N5O2.HI/c1-6-26-24(29(3)19-21-10-11-22(31-4)18-23(21)32-5)27-20-25(12-16-28(2)17-13-25)30-14-8-7-9-15-30;/h10-11,18H,6-9,12-17,19-20H2,1-5H3,(H,26,27);1H. The van der Waals surface area contributed by atoms with Crippen molar-refractivity contribution >= 4 is 29.9 Å². The van der Waals surface area contributed by atoms with Crippen LogP contribution in [0.5, 0.6) is 11.5 Å². The molecule has 2 fully saturated rings. The molecule has 7 nitrogen and oxygen atoms in total. The number of nitrogens with one attached hydrogen (secondary N) is 1. The Labute approximate surface area is 217 Å². The molecule has 8 heteroatoms. The van der Waals surface area contributed by atoms with Crippen LogP contribution in [0.2, 0.25) is 0 Å². The van der Waals surface area contributed by atoms with Crippen molar-refractivity contribution in [3.63, 3.8) is 0 Å². The highest BCUT2D eigenvalue weighted by Crippen LogP contribution is 2.32. The third-order valence-corrected chi connectivity index (χ3v) is 7.07. The van der Waals surface area contributed by atoms with Gasteiger partial charge in [-0.1, -0.05) is 6.42 Å². The van der Waals surface area contributed by atoms with E-state index in [0.717, 1.165) is 55.7 Å². The highest BCUT2D eigenvalue weighted by atomic mass is 127. The van der Waals surface area contributed by atoms with E-state index in [9.17, 15) is 0 Å². The molecule has 2 heterocycles. The van der Waals surface area contributed by atoms with E-state index in [-0.39, 0.29) is 29.5 Å². The zero-order chi connectivity index (χ0) is 23.0. The molecule has 33 heavy (non-hydrogen) atoms. The van der Waals surface area contributed by atoms with Crippen LogP contribution in [-0.4, -0.2) is 93.8 Å². The van der Waals surface area contributed by atoms with Crippen molar-refractivity contribution in [2.75, 3.05) is 67.6 Å². The molecular weight excluding hydrogens is 529 g/mol. The number of methoxy groups -OCH3 is 2. The van der Waals surface area contributed by atoms with E-state index in [0.29, 0.717) is 0 Å². The first-order valence-corrected chi connectivity index (χ1v) is 12.2. The van der Waals surface area contributed by atoms with Crippen molar-refractivity contribution in [3.8, 4) is 11.5 Å². The summed E-state index contributed by atoms with van der Waals surface area (Å²) in [5, 5.41) is 3.51. The fourth-order valence-corrected chi connectivity index (χ4v) is 4.98. The second-order valence-electron chi connectivity index (χ2n) is 9.28. The fraction of sp³-hybridized carbons (Fsp3) is 0.720. The van der Waals surface area contributed by atoms with Gasteiger partial charge in [0, 0.05) is 37.3 Å². The van der Waals surface area contributed by atoms with Gasteiger partial charge in [0.15, 0.2) is 5.96 Å². The van der Waals surface area contributed by atoms with Crippen molar-refractivity contribution in [1.29, 1.82) is 0 Å². The molecule has 0 saturated carbocycles. The van der Waals surface area contributed by atoms with Crippen LogP contribution in [-0.2, 0) is 6.54 Å². The molecule has 188 valence electrons. The quantitative estimate of drug-likeness (QED) is 0.291. The van der Waals surface area contributed by atoms with E-state index >= 15 is 0 Å². The second kappa shape index (κ2) is 13.6. The molecule has 0 radical (unpaired) electrons. The molecule has 0 atom stereocenters. The van der Waals surface area contributed by atoms with Crippen LogP contribution in [0.25, 0.3) is 0 Å². The van der Waals surface area contributed by atoms with Crippen LogP contribution >= 0.6 is 24.0 Å². The van der Waals surface area contributed by atoms with Gasteiger partial charge >= 0.3 is 0 Å². The van der Waals surface area contributed by atoms with Gasteiger partial charge in [0.1, 0.15) is 11.5 Å². The van der Waals surface area contributed by atoms with Crippen LogP contribution in [0.15, 0.2) is 23.2 Å². The van der Waals surface area contributed by atoms with Crippen molar-refractivity contribution in [2.24, 2.45) is 4.99 Å². The molecule has 1 aromatic rings. The average Bonchev–Trinajstić information content (AvgIpc) is 2.83. The van der Waals surface area contributed by atoms with Gasteiger partial charge < -0.3 is 24.6 Å². The van der Waals surface area contributed by atoms with Gasteiger partial charge in [-0.2, -0.15) is 0 Å². The molecule has 0 spiro atoms. The Bertz CT molecular complexity index is 746. The summed E-state index contributed by atoms with van der Waals surface area (Å²) in [6, 6.07) is 6.00. The Morgan fingerprint density at radius 2 is 1.79 bits per heavy atom. The third-order valence-electron chi connectivity index (χ3n) is 7.07. The van der Waals surface area contributed by atoms with Crippen molar-refractivity contribution in [1.82, 2.24) is 20.0 Å². The first-order chi connectivity index (χ1) is 15.5. The van der Waals surface area contributed by atoms with Crippen LogP contribution in [0.1, 0.15) is 44.6 Å². The number of halogens is 1. The SMILES string of the molecule is CCNC(=NCC1(N2CCCCC2)CCN(C)CC1)N(C)Cc1ccc(OC)cc1OC.I. The van der Waals surface area contributed by atoms with Gasteiger partial charge in [-0.05, 0) is 78.0 Å². The lowest BCUT2D eigenvalue weighted by molar-refractivity contribution is 0.0206. The smallest absolute Gasteiger partial charge is 0.194 e. The van der Waals surface area contributed by atoms with E-state index in [2.05, 4.69) is 47.1 Å². The van der Waals surface area contributed by atoms with Crippen molar-refractivity contribution in [2.45, 2.75) is 51.1 Å². The molecule has 1 N–H and O–H groups in total. The molecule has 0 bridgehead atoms. The van der Waals surface area contributed by atoms with Crippen LogP contribution in [0, 0.1) is 0 Å². The summed E-state index contributed by atoms with van der Waals surface area (Å²) < 4.78 is 11.0. The Kier molecular flexibility index (Phi) is 11.5. The molecule has 2 aliphatic heterocycles. The van der Waals surface area contributed by atoms with Crippen LogP contribution in [0.4, 0.5) is 0 Å². The summed E-state index contributed by atoms with van der Waals surface area (Å²) in [5.74, 6) is 2.60. The predicted molar refractivity (Wildman–Crippen MR) is 147 cm³/mol. The number of hydrogen-bond acceptors (Lipinski definition) is 5. The molecule has 0 amide bonds. The maximum Gasteiger partial charge on any atom is 0.194 e. The van der Waals surface area contributed by atoms with Crippen molar-refractivity contribution in [3.05, 3.63) is 23.8 Å². The molecule has 2 saturated heterocycles. The fourth-order valence-electron chi connectivity index (χ4n) is 4.98. The van der Waals surface area contributed by atoms with E-state index in [1.807, 2.05) is 12.1 Å². The first kappa shape index (κ1) is 28.0. The number of hydrogen-bond donors (Lipinski definition) is 1. The van der Waals surface area contributed by atoms with Gasteiger partial charge in [-0.15, -0.1) is 24.0 Å². The monoisotopic (exact) mass is 573 g/mol. The van der Waals surface area contributed by atoms with Gasteiger partial charge in [-0.25, -0.2) is 0 Å². The lowest BCUT2D eigenvalue weighted by Crippen LogP contribution is -2.58. The lowest BCUT2D eigenvalue weighted by atomic mass is 9.84. The Hall–Kier alpha value is -1.26. The number of likely N-dealkylation sites (tertiary alicyclic amines) is 2. The van der Waals surface area contributed by atoms with Crippen LogP contribution in [0.3, 0.4) is 0 Å². The summed E-state index contributed by atoms with van der Waals surface area (Å²) in [6.45, 7) is 9.30. The van der Waals surface area contributed by atoms with Crippen LogP contribution < -0.4 is 14.8 Å². The zero-order valence-corrected chi connectivity index (χ0v) is 23.6. The largest absolute Gasteiger partial charge is 0.497 e. The van der Waals surface area contributed by atoms with E-state index in [4.69, 9.17) is 14.5 Å². The highest BCUT2D eigenvalue weighted by molar-refractivity contribution is 14.0. The maximum absolute atomic E-state index is 5.61. The molecule has 1 aromatic carbocycles. The number of piperidine rings is 2. The summed E-state index contributed by atoms with van der Waals surface area (Å²) in [4.78, 5) is 12.6. The molecule has 2 aliphatic rings. The van der Waals surface area contributed by atoms with Gasteiger partial charge in [0.25, 0.3) is 0 Å². The van der Waals surface area contributed by atoms with Gasteiger partial charge in [0.05, 0.1) is 20.8 Å².